The largest absolute Gasteiger partial charge is 0.390 e. The molecule has 1 rings (SSSR count). The van der Waals surface area contributed by atoms with E-state index in [9.17, 15) is 0 Å². The van der Waals surface area contributed by atoms with Crippen LogP contribution >= 0.6 is 11.6 Å². The minimum Gasteiger partial charge on any atom is -0.390 e. The smallest absolute Gasteiger partial charge is 0.0828 e. The van der Waals surface area contributed by atoms with Crippen LogP contribution in [-0.4, -0.2) is 29.7 Å². The van der Waals surface area contributed by atoms with E-state index < -0.39 is 0 Å². The van der Waals surface area contributed by atoms with Crippen LogP contribution in [0.5, 0.6) is 0 Å². The number of alkyl halides is 1. The van der Waals surface area contributed by atoms with Gasteiger partial charge in [0.15, 0.2) is 0 Å². The highest BCUT2D eigenvalue weighted by Gasteiger charge is 2.20. The molecule has 2 nitrogen and oxygen atoms in total. The molecule has 1 aliphatic rings. The van der Waals surface area contributed by atoms with E-state index in [0.29, 0.717) is 5.88 Å². The number of rotatable bonds is 2. The van der Waals surface area contributed by atoms with Gasteiger partial charge in [0.1, 0.15) is 0 Å². The molecule has 0 aromatic rings. The van der Waals surface area contributed by atoms with Crippen molar-refractivity contribution in [3.05, 3.63) is 0 Å². The molecule has 2 N–H and O–H groups in total. The second-order valence-electron chi connectivity index (χ2n) is 2.42. The summed E-state index contributed by atoms with van der Waals surface area (Å²) in [5, 5.41) is 12.3. The van der Waals surface area contributed by atoms with Crippen LogP contribution < -0.4 is 5.32 Å². The highest BCUT2D eigenvalue weighted by molar-refractivity contribution is 6.18. The first-order chi connectivity index (χ1) is 4.34. The third-order valence-corrected chi connectivity index (χ3v) is 2.04. The fourth-order valence-electron chi connectivity index (χ4n) is 1.15. The minimum absolute atomic E-state index is 0.252. The Morgan fingerprint density at radius 2 is 2.56 bits per heavy atom. The molecule has 0 spiro atoms. The molecule has 54 valence electrons. The van der Waals surface area contributed by atoms with E-state index in [4.69, 9.17) is 16.7 Å². The van der Waals surface area contributed by atoms with Gasteiger partial charge in [-0.05, 0) is 19.4 Å². The Bertz CT molecular complexity index is 83.1. The molecular formula is C6H12ClNO. The second kappa shape index (κ2) is 3.40. The number of hydrogen-bond donors (Lipinski definition) is 2. The van der Waals surface area contributed by atoms with Gasteiger partial charge in [-0.1, -0.05) is 0 Å². The van der Waals surface area contributed by atoms with Crippen LogP contribution in [0.2, 0.25) is 0 Å². The van der Waals surface area contributed by atoms with Crippen LogP contribution in [0.4, 0.5) is 0 Å². The molecule has 0 aromatic carbocycles. The normalized spacial score (nSPS) is 30.7. The van der Waals surface area contributed by atoms with Crippen molar-refractivity contribution >= 4 is 11.6 Å². The van der Waals surface area contributed by atoms with Crippen molar-refractivity contribution < 1.29 is 5.11 Å². The van der Waals surface area contributed by atoms with Gasteiger partial charge in [0.05, 0.1) is 6.10 Å². The average Bonchev–Trinajstić information content (AvgIpc) is 2.37. The Balaban J connectivity index is 2.24. The van der Waals surface area contributed by atoms with Crippen molar-refractivity contribution in [2.45, 2.75) is 25.0 Å². The van der Waals surface area contributed by atoms with Gasteiger partial charge in [-0.2, -0.15) is 0 Å². The molecule has 0 aliphatic carbocycles. The van der Waals surface area contributed by atoms with Crippen molar-refractivity contribution in [2.75, 3.05) is 12.4 Å². The highest BCUT2D eigenvalue weighted by Crippen LogP contribution is 2.09. The summed E-state index contributed by atoms with van der Waals surface area (Å²) >= 11 is 5.44. The standard InChI is InChI=1S/C6H12ClNO/c7-4-6(9)5-2-1-3-8-5/h5-6,8-9H,1-4H2/t5-,6-/m0/s1. The van der Waals surface area contributed by atoms with Crippen LogP contribution in [0.25, 0.3) is 0 Å². The van der Waals surface area contributed by atoms with Gasteiger partial charge in [0.25, 0.3) is 0 Å². The predicted octanol–water partition coefficient (Wildman–Crippen LogP) is 0.338. The maximum Gasteiger partial charge on any atom is 0.0828 e. The zero-order valence-electron chi connectivity index (χ0n) is 5.31. The van der Waals surface area contributed by atoms with Gasteiger partial charge < -0.3 is 10.4 Å². The molecule has 0 amide bonds. The molecule has 0 saturated carbocycles. The molecule has 0 aromatic heterocycles. The number of halogens is 1. The molecule has 1 aliphatic heterocycles. The molecule has 0 bridgehead atoms. The summed E-state index contributed by atoms with van der Waals surface area (Å²) in [6.07, 6.45) is 1.88. The van der Waals surface area contributed by atoms with E-state index >= 15 is 0 Å². The van der Waals surface area contributed by atoms with Gasteiger partial charge in [-0.25, -0.2) is 0 Å². The lowest BCUT2D eigenvalue weighted by Gasteiger charge is -2.14. The fraction of sp³-hybridized carbons (Fsp3) is 1.00. The van der Waals surface area contributed by atoms with E-state index in [2.05, 4.69) is 5.32 Å². The summed E-state index contributed by atoms with van der Waals surface area (Å²) in [4.78, 5) is 0. The first-order valence-corrected chi connectivity index (χ1v) is 3.85. The van der Waals surface area contributed by atoms with E-state index in [1.54, 1.807) is 0 Å². The molecule has 0 radical (unpaired) electrons. The van der Waals surface area contributed by atoms with E-state index in [-0.39, 0.29) is 12.1 Å². The summed E-state index contributed by atoms with van der Waals surface area (Å²) in [7, 11) is 0. The lowest BCUT2D eigenvalue weighted by Crippen LogP contribution is -2.35. The van der Waals surface area contributed by atoms with Crippen molar-refractivity contribution in [1.82, 2.24) is 5.32 Å². The Hall–Kier alpha value is 0.210. The molecule has 1 heterocycles. The summed E-state index contributed by atoms with van der Waals surface area (Å²) in [6.45, 7) is 1.03. The van der Waals surface area contributed by atoms with Crippen LogP contribution in [0.15, 0.2) is 0 Å². The van der Waals surface area contributed by atoms with E-state index in [1.807, 2.05) is 0 Å². The minimum atomic E-state index is -0.353. The van der Waals surface area contributed by atoms with E-state index in [0.717, 1.165) is 13.0 Å². The van der Waals surface area contributed by atoms with Crippen molar-refractivity contribution in [3.63, 3.8) is 0 Å². The number of hydrogen-bond acceptors (Lipinski definition) is 2. The van der Waals surface area contributed by atoms with Crippen molar-refractivity contribution in [3.8, 4) is 0 Å². The zero-order valence-corrected chi connectivity index (χ0v) is 6.06. The Kier molecular flexibility index (Phi) is 2.76. The third kappa shape index (κ3) is 1.81. The highest BCUT2D eigenvalue weighted by atomic mass is 35.5. The van der Waals surface area contributed by atoms with Gasteiger partial charge >= 0.3 is 0 Å². The maximum absolute atomic E-state index is 9.16. The monoisotopic (exact) mass is 149 g/mol. The zero-order chi connectivity index (χ0) is 6.69. The fourth-order valence-corrected chi connectivity index (χ4v) is 1.36. The Labute approximate surface area is 60.2 Å². The second-order valence-corrected chi connectivity index (χ2v) is 2.73. The van der Waals surface area contributed by atoms with E-state index in [1.165, 1.54) is 6.42 Å². The molecule has 0 unspecified atom stereocenters. The van der Waals surface area contributed by atoms with Gasteiger partial charge in [0, 0.05) is 11.9 Å². The van der Waals surface area contributed by atoms with Gasteiger partial charge in [-0.15, -0.1) is 11.6 Å². The van der Waals surface area contributed by atoms with Crippen LogP contribution in [0, 0.1) is 0 Å². The van der Waals surface area contributed by atoms with Crippen LogP contribution in [-0.2, 0) is 0 Å². The molecule has 1 saturated heterocycles. The Morgan fingerprint density at radius 3 is 3.00 bits per heavy atom. The number of aliphatic hydroxyl groups is 1. The summed E-state index contributed by atoms with van der Waals surface area (Å²) in [5.41, 5.74) is 0. The Morgan fingerprint density at radius 1 is 1.78 bits per heavy atom. The molecule has 3 heteroatoms. The maximum atomic E-state index is 9.16. The lowest BCUT2D eigenvalue weighted by atomic mass is 10.1. The SMILES string of the molecule is O[C@@H](CCl)[C@@H]1CCCN1. The average molecular weight is 150 g/mol. The lowest BCUT2D eigenvalue weighted by molar-refractivity contribution is 0.157. The topological polar surface area (TPSA) is 32.3 Å². The third-order valence-electron chi connectivity index (χ3n) is 1.72. The van der Waals surface area contributed by atoms with Crippen molar-refractivity contribution in [2.24, 2.45) is 0 Å². The summed E-state index contributed by atoms with van der Waals surface area (Å²) in [5.74, 6) is 0.345. The van der Waals surface area contributed by atoms with Crippen LogP contribution in [0.3, 0.4) is 0 Å². The first-order valence-electron chi connectivity index (χ1n) is 3.32. The molecular weight excluding hydrogens is 138 g/mol. The van der Waals surface area contributed by atoms with Gasteiger partial charge in [0.2, 0.25) is 0 Å². The molecule has 1 fully saturated rings. The first kappa shape index (κ1) is 7.32. The summed E-state index contributed by atoms with van der Waals surface area (Å²) in [6, 6.07) is 0.252. The summed E-state index contributed by atoms with van der Waals surface area (Å²) < 4.78 is 0. The molecule has 2 atom stereocenters. The van der Waals surface area contributed by atoms with Gasteiger partial charge in [-0.3, -0.25) is 0 Å². The number of aliphatic hydroxyl groups excluding tert-OH is 1. The quantitative estimate of drug-likeness (QED) is 0.555. The van der Waals surface area contributed by atoms with Crippen molar-refractivity contribution in [1.29, 1.82) is 0 Å². The predicted molar refractivity (Wildman–Crippen MR) is 37.8 cm³/mol. The van der Waals surface area contributed by atoms with Crippen LogP contribution in [0.1, 0.15) is 12.8 Å². The molecule has 9 heavy (non-hydrogen) atoms. The number of nitrogens with one attached hydrogen (secondary N) is 1.